The molecule has 1 saturated carbocycles. The van der Waals surface area contributed by atoms with Gasteiger partial charge in [-0.15, -0.1) is 11.3 Å². The van der Waals surface area contributed by atoms with Crippen LogP contribution in [0.5, 0.6) is 0 Å². The van der Waals surface area contributed by atoms with Crippen LogP contribution < -0.4 is 5.32 Å². The number of hydrogen-bond acceptors (Lipinski definition) is 2. The smallest absolute Gasteiger partial charge is 0.0317 e. The van der Waals surface area contributed by atoms with Gasteiger partial charge in [-0.3, -0.25) is 0 Å². The average molecular weight is 302 g/mol. The fourth-order valence-corrected chi connectivity index (χ4v) is 4.41. The topological polar surface area (TPSA) is 12.0 Å². The first-order chi connectivity index (χ1) is 7.81. The summed E-state index contributed by atoms with van der Waals surface area (Å²) in [5, 5.41) is 5.87. The average Bonchev–Trinajstić information content (AvgIpc) is 2.73. The lowest BCUT2D eigenvalue weighted by Crippen LogP contribution is -2.33. The van der Waals surface area contributed by atoms with E-state index >= 15 is 0 Å². The Morgan fingerprint density at radius 2 is 2.38 bits per heavy atom. The zero-order chi connectivity index (χ0) is 11.4. The highest BCUT2D eigenvalue weighted by Gasteiger charge is 2.24. The van der Waals surface area contributed by atoms with Gasteiger partial charge in [-0.05, 0) is 65.5 Å². The maximum atomic E-state index is 3.67. The maximum absolute atomic E-state index is 3.67. The number of thiophene rings is 1. The van der Waals surface area contributed by atoms with E-state index in [1.54, 1.807) is 4.88 Å². The SMILES string of the molecule is CCCNC1CCCC(c2sccc2Br)C1. The molecule has 3 heteroatoms. The molecule has 1 heterocycles. The van der Waals surface area contributed by atoms with E-state index in [4.69, 9.17) is 0 Å². The van der Waals surface area contributed by atoms with Crippen molar-refractivity contribution in [3.63, 3.8) is 0 Å². The molecule has 0 amide bonds. The van der Waals surface area contributed by atoms with Gasteiger partial charge in [0.1, 0.15) is 0 Å². The van der Waals surface area contributed by atoms with Crippen LogP contribution in [0.3, 0.4) is 0 Å². The van der Waals surface area contributed by atoms with E-state index in [2.05, 4.69) is 39.6 Å². The third-order valence-corrected chi connectivity index (χ3v) is 5.41. The second-order valence-electron chi connectivity index (χ2n) is 4.65. The molecule has 0 aliphatic heterocycles. The van der Waals surface area contributed by atoms with Gasteiger partial charge < -0.3 is 5.32 Å². The normalized spacial score (nSPS) is 25.9. The van der Waals surface area contributed by atoms with Crippen LogP contribution in [0.1, 0.15) is 49.8 Å². The van der Waals surface area contributed by atoms with E-state index in [1.807, 2.05) is 11.3 Å². The van der Waals surface area contributed by atoms with Crippen LogP contribution in [0.4, 0.5) is 0 Å². The first kappa shape index (κ1) is 12.6. The number of halogens is 1. The van der Waals surface area contributed by atoms with Crippen LogP contribution in [0, 0.1) is 0 Å². The molecule has 2 rings (SSSR count). The third-order valence-electron chi connectivity index (χ3n) is 3.37. The van der Waals surface area contributed by atoms with Gasteiger partial charge in [-0.2, -0.15) is 0 Å². The van der Waals surface area contributed by atoms with Crippen LogP contribution in [0.2, 0.25) is 0 Å². The van der Waals surface area contributed by atoms with Crippen molar-refractivity contribution < 1.29 is 0 Å². The molecule has 1 aromatic heterocycles. The monoisotopic (exact) mass is 301 g/mol. The summed E-state index contributed by atoms with van der Waals surface area (Å²) >= 11 is 5.57. The van der Waals surface area contributed by atoms with Crippen LogP contribution in [0.25, 0.3) is 0 Å². The highest BCUT2D eigenvalue weighted by molar-refractivity contribution is 9.10. The van der Waals surface area contributed by atoms with E-state index in [0.29, 0.717) is 0 Å². The lowest BCUT2D eigenvalue weighted by Gasteiger charge is -2.29. The van der Waals surface area contributed by atoms with Crippen LogP contribution in [-0.4, -0.2) is 12.6 Å². The van der Waals surface area contributed by atoms with Gasteiger partial charge in [-0.25, -0.2) is 0 Å². The van der Waals surface area contributed by atoms with Crippen molar-refractivity contribution >= 4 is 27.3 Å². The molecule has 0 saturated heterocycles. The summed E-state index contributed by atoms with van der Waals surface area (Å²) in [4.78, 5) is 1.56. The molecule has 1 aliphatic carbocycles. The maximum Gasteiger partial charge on any atom is 0.0317 e. The number of nitrogens with one attached hydrogen (secondary N) is 1. The Morgan fingerprint density at radius 1 is 1.50 bits per heavy atom. The quantitative estimate of drug-likeness (QED) is 0.861. The third kappa shape index (κ3) is 3.08. The molecule has 0 bridgehead atoms. The summed E-state index contributed by atoms with van der Waals surface area (Å²) in [5.41, 5.74) is 0. The minimum absolute atomic E-state index is 0.743. The molecule has 1 fully saturated rings. The molecule has 16 heavy (non-hydrogen) atoms. The zero-order valence-electron chi connectivity index (χ0n) is 9.84. The van der Waals surface area contributed by atoms with Gasteiger partial charge in [0.2, 0.25) is 0 Å². The van der Waals surface area contributed by atoms with Gasteiger partial charge in [0.05, 0.1) is 0 Å². The van der Waals surface area contributed by atoms with Crippen molar-refractivity contribution in [2.45, 2.75) is 51.0 Å². The Hall–Kier alpha value is 0.140. The minimum atomic E-state index is 0.743. The van der Waals surface area contributed by atoms with Crippen LogP contribution in [-0.2, 0) is 0 Å². The summed E-state index contributed by atoms with van der Waals surface area (Å²) in [6.45, 7) is 3.41. The van der Waals surface area contributed by atoms with Crippen molar-refractivity contribution in [1.29, 1.82) is 0 Å². The molecular formula is C13H20BrNS. The van der Waals surface area contributed by atoms with Crippen molar-refractivity contribution in [1.82, 2.24) is 5.32 Å². The van der Waals surface area contributed by atoms with Crippen molar-refractivity contribution in [3.05, 3.63) is 20.8 Å². The van der Waals surface area contributed by atoms with Crippen molar-refractivity contribution in [2.75, 3.05) is 6.54 Å². The Balaban J connectivity index is 1.94. The molecule has 90 valence electrons. The number of hydrogen-bond donors (Lipinski definition) is 1. The summed E-state index contributed by atoms with van der Waals surface area (Å²) in [6, 6.07) is 2.93. The lowest BCUT2D eigenvalue weighted by atomic mass is 9.85. The van der Waals surface area contributed by atoms with E-state index in [-0.39, 0.29) is 0 Å². The van der Waals surface area contributed by atoms with Gasteiger partial charge in [0.25, 0.3) is 0 Å². The summed E-state index contributed by atoms with van der Waals surface area (Å²) in [7, 11) is 0. The Kier molecular flexibility index (Phi) is 4.86. The standard InChI is InChI=1S/C13H20BrNS/c1-2-7-15-11-5-3-4-10(9-11)13-12(14)6-8-16-13/h6,8,10-11,15H,2-5,7,9H2,1H3. The van der Waals surface area contributed by atoms with Gasteiger partial charge >= 0.3 is 0 Å². The summed E-state index contributed by atoms with van der Waals surface area (Å²) in [6.07, 6.45) is 6.66. The summed E-state index contributed by atoms with van der Waals surface area (Å²) in [5.74, 6) is 0.775. The molecule has 1 nitrogen and oxygen atoms in total. The largest absolute Gasteiger partial charge is 0.314 e. The van der Waals surface area contributed by atoms with Gasteiger partial charge in [0.15, 0.2) is 0 Å². The van der Waals surface area contributed by atoms with Crippen LogP contribution >= 0.6 is 27.3 Å². The molecule has 1 aliphatic rings. The molecular weight excluding hydrogens is 282 g/mol. The molecule has 2 atom stereocenters. The van der Waals surface area contributed by atoms with Crippen molar-refractivity contribution in [2.24, 2.45) is 0 Å². The molecule has 0 radical (unpaired) electrons. The van der Waals surface area contributed by atoms with Gasteiger partial charge in [-0.1, -0.05) is 13.3 Å². The Labute approximate surface area is 111 Å². The predicted molar refractivity (Wildman–Crippen MR) is 75.3 cm³/mol. The lowest BCUT2D eigenvalue weighted by molar-refractivity contribution is 0.342. The second kappa shape index (κ2) is 6.18. The van der Waals surface area contributed by atoms with E-state index < -0.39 is 0 Å². The van der Waals surface area contributed by atoms with Crippen LogP contribution in [0.15, 0.2) is 15.9 Å². The van der Waals surface area contributed by atoms with E-state index in [0.717, 1.165) is 12.0 Å². The fourth-order valence-electron chi connectivity index (χ4n) is 2.56. The second-order valence-corrected chi connectivity index (χ2v) is 6.45. The highest BCUT2D eigenvalue weighted by Crippen LogP contribution is 2.39. The molecule has 0 aromatic carbocycles. The highest BCUT2D eigenvalue weighted by atomic mass is 79.9. The zero-order valence-corrected chi connectivity index (χ0v) is 12.2. The Bertz CT molecular complexity index is 323. The van der Waals surface area contributed by atoms with Crippen molar-refractivity contribution in [3.8, 4) is 0 Å². The molecule has 1 aromatic rings. The predicted octanol–water partition coefficient (Wildman–Crippen LogP) is 4.54. The van der Waals surface area contributed by atoms with Gasteiger partial charge in [0, 0.05) is 15.4 Å². The molecule has 0 spiro atoms. The number of rotatable bonds is 4. The molecule has 1 N–H and O–H groups in total. The van der Waals surface area contributed by atoms with E-state index in [1.165, 1.54) is 43.1 Å². The van der Waals surface area contributed by atoms with E-state index in [9.17, 15) is 0 Å². The summed E-state index contributed by atoms with van der Waals surface area (Å²) < 4.78 is 1.32. The minimum Gasteiger partial charge on any atom is -0.314 e. The first-order valence-electron chi connectivity index (χ1n) is 6.27. The first-order valence-corrected chi connectivity index (χ1v) is 7.94. The molecule has 2 unspecified atom stereocenters. The Morgan fingerprint density at radius 3 is 3.06 bits per heavy atom. The fraction of sp³-hybridized carbons (Fsp3) is 0.692.